The smallest absolute Gasteiger partial charge is 0.243 e. The molecule has 0 spiro atoms. The van der Waals surface area contributed by atoms with Crippen LogP contribution in [-0.2, 0) is 16.6 Å². The highest BCUT2D eigenvalue weighted by Gasteiger charge is 2.39. The van der Waals surface area contributed by atoms with Gasteiger partial charge in [-0.15, -0.1) is 0 Å². The quantitative estimate of drug-likeness (QED) is 0.927. The Balaban J connectivity index is 2.52. The predicted molar refractivity (Wildman–Crippen MR) is 76.1 cm³/mol. The molecule has 1 aromatic carbocycles. The molecule has 0 saturated carbocycles. The fourth-order valence-electron chi connectivity index (χ4n) is 2.92. The normalized spacial score (nSPS) is 24.2. The lowest BCUT2D eigenvalue weighted by Gasteiger charge is -2.27. The van der Waals surface area contributed by atoms with E-state index in [1.54, 1.807) is 0 Å². The van der Waals surface area contributed by atoms with Crippen molar-refractivity contribution in [1.29, 1.82) is 0 Å². The van der Waals surface area contributed by atoms with Gasteiger partial charge in [0.2, 0.25) is 10.0 Å². The minimum atomic E-state index is -3.70. The van der Waals surface area contributed by atoms with Crippen LogP contribution in [0, 0.1) is 5.82 Å². The lowest BCUT2D eigenvalue weighted by atomic mass is 10.2. The number of hydrogen-bond donors (Lipinski definition) is 1. The van der Waals surface area contributed by atoms with E-state index < -0.39 is 15.8 Å². The van der Waals surface area contributed by atoms with Crippen molar-refractivity contribution in [3.8, 4) is 0 Å². The van der Waals surface area contributed by atoms with Gasteiger partial charge >= 0.3 is 0 Å². The third kappa shape index (κ3) is 2.60. The van der Waals surface area contributed by atoms with Crippen LogP contribution >= 0.6 is 0 Å². The second kappa shape index (κ2) is 5.79. The van der Waals surface area contributed by atoms with E-state index in [4.69, 9.17) is 5.73 Å². The number of sulfonamides is 1. The number of halogens is 1. The first-order chi connectivity index (χ1) is 9.41. The Kier molecular flexibility index (Phi) is 4.46. The second-order valence-corrected chi connectivity index (χ2v) is 7.09. The number of rotatable bonds is 4. The molecule has 2 unspecified atom stereocenters. The molecule has 2 N–H and O–H groups in total. The summed E-state index contributed by atoms with van der Waals surface area (Å²) in [5.41, 5.74) is 6.05. The Morgan fingerprint density at radius 1 is 1.40 bits per heavy atom. The van der Waals surface area contributed by atoms with Crippen molar-refractivity contribution in [3.05, 3.63) is 29.6 Å². The van der Waals surface area contributed by atoms with Crippen molar-refractivity contribution in [2.24, 2.45) is 5.73 Å². The summed E-state index contributed by atoms with van der Waals surface area (Å²) in [6.07, 6.45) is 2.45. The van der Waals surface area contributed by atoms with E-state index in [0.717, 1.165) is 25.3 Å². The van der Waals surface area contributed by atoms with Gasteiger partial charge in [0.05, 0.1) is 4.90 Å². The van der Waals surface area contributed by atoms with Gasteiger partial charge in [-0.25, -0.2) is 12.8 Å². The highest BCUT2D eigenvalue weighted by atomic mass is 32.2. The summed E-state index contributed by atoms with van der Waals surface area (Å²) in [5.74, 6) is -0.555. The molecule has 6 heteroatoms. The molecule has 0 amide bonds. The first-order valence-corrected chi connectivity index (χ1v) is 8.37. The average molecular weight is 300 g/mol. The van der Waals surface area contributed by atoms with E-state index in [9.17, 15) is 12.8 Å². The zero-order chi connectivity index (χ0) is 14.9. The molecule has 1 aliphatic heterocycles. The van der Waals surface area contributed by atoms with Crippen LogP contribution < -0.4 is 5.73 Å². The minimum Gasteiger partial charge on any atom is -0.326 e. The Bertz CT molecular complexity index is 589. The Labute approximate surface area is 119 Å². The van der Waals surface area contributed by atoms with E-state index in [2.05, 4.69) is 0 Å². The van der Waals surface area contributed by atoms with Gasteiger partial charge < -0.3 is 5.73 Å². The first kappa shape index (κ1) is 15.4. The lowest BCUT2D eigenvalue weighted by molar-refractivity contribution is 0.328. The van der Waals surface area contributed by atoms with Crippen LogP contribution in [0.4, 0.5) is 4.39 Å². The van der Waals surface area contributed by atoms with Crippen molar-refractivity contribution >= 4 is 10.0 Å². The van der Waals surface area contributed by atoms with Gasteiger partial charge in [0, 0.05) is 18.6 Å². The highest BCUT2D eigenvalue weighted by Crippen LogP contribution is 2.33. The summed E-state index contributed by atoms with van der Waals surface area (Å²) in [7, 11) is -3.70. The van der Waals surface area contributed by atoms with Crippen molar-refractivity contribution in [1.82, 2.24) is 4.31 Å². The first-order valence-electron chi connectivity index (χ1n) is 6.93. The largest absolute Gasteiger partial charge is 0.326 e. The van der Waals surface area contributed by atoms with E-state index in [1.165, 1.54) is 16.4 Å². The van der Waals surface area contributed by atoms with Crippen molar-refractivity contribution in [2.75, 3.05) is 0 Å². The molecule has 0 aliphatic carbocycles. The number of hydrogen-bond acceptors (Lipinski definition) is 3. The molecule has 1 aliphatic rings. The summed E-state index contributed by atoms with van der Waals surface area (Å²) in [6, 6.07) is 3.70. The van der Waals surface area contributed by atoms with Crippen LogP contribution in [0.15, 0.2) is 23.1 Å². The second-order valence-electron chi connectivity index (χ2n) is 5.28. The number of nitrogens with two attached hydrogens (primary N) is 1. The molecule has 4 nitrogen and oxygen atoms in total. The average Bonchev–Trinajstić information content (AvgIpc) is 2.80. The van der Waals surface area contributed by atoms with Gasteiger partial charge in [0.1, 0.15) is 5.82 Å². The molecule has 1 saturated heterocycles. The molecule has 112 valence electrons. The number of nitrogens with zero attached hydrogens (tertiary/aromatic N) is 1. The van der Waals surface area contributed by atoms with Crippen LogP contribution in [-0.4, -0.2) is 24.8 Å². The molecule has 0 bridgehead atoms. The summed E-state index contributed by atoms with van der Waals surface area (Å²) < 4.78 is 40.7. The van der Waals surface area contributed by atoms with Crippen LogP contribution in [0.25, 0.3) is 0 Å². The van der Waals surface area contributed by atoms with Gasteiger partial charge in [-0.3, -0.25) is 0 Å². The maximum atomic E-state index is 13.5. The molecule has 0 aromatic heterocycles. The van der Waals surface area contributed by atoms with E-state index in [1.807, 2.05) is 13.8 Å². The SMILES string of the molecule is CCC1CCC(C)N1S(=O)(=O)c1cc(F)ccc1CN. The van der Waals surface area contributed by atoms with Gasteiger partial charge in [-0.2, -0.15) is 4.31 Å². The summed E-state index contributed by atoms with van der Waals surface area (Å²) in [6.45, 7) is 3.95. The molecule has 20 heavy (non-hydrogen) atoms. The summed E-state index contributed by atoms with van der Waals surface area (Å²) in [4.78, 5) is 0.00667. The standard InChI is InChI=1S/C14H21FN2O2S/c1-3-13-7-4-10(2)17(13)20(18,19)14-8-12(15)6-5-11(14)9-16/h5-6,8,10,13H,3-4,7,9,16H2,1-2H3. The molecule has 2 rings (SSSR count). The summed E-state index contributed by atoms with van der Waals surface area (Å²) in [5, 5.41) is 0. The van der Waals surface area contributed by atoms with Crippen molar-refractivity contribution in [3.63, 3.8) is 0 Å². The Morgan fingerprint density at radius 3 is 2.70 bits per heavy atom. The molecule has 1 aromatic rings. The number of benzene rings is 1. The zero-order valence-corrected chi connectivity index (χ0v) is 12.7. The highest BCUT2D eigenvalue weighted by molar-refractivity contribution is 7.89. The molecule has 1 heterocycles. The fourth-order valence-corrected chi connectivity index (χ4v) is 5.11. The predicted octanol–water partition coefficient (Wildman–Crippen LogP) is 2.24. The molecule has 2 atom stereocenters. The third-order valence-electron chi connectivity index (χ3n) is 3.99. The van der Waals surface area contributed by atoms with Gasteiger partial charge in [0.15, 0.2) is 0 Å². The van der Waals surface area contributed by atoms with Crippen molar-refractivity contribution < 1.29 is 12.8 Å². The lowest BCUT2D eigenvalue weighted by Crippen LogP contribution is -2.40. The maximum absolute atomic E-state index is 13.5. The van der Waals surface area contributed by atoms with Crippen LogP contribution in [0.3, 0.4) is 0 Å². The van der Waals surface area contributed by atoms with Crippen LogP contribution in [0.2, 0.25) is 0 Å². The van der Waals surface area contributed by atoms with Gasteiger partial charge in [0.25, 0.3) is 0 Å². The van der Waals surface area contributed by atoms with Crippen LogP contribution in [0.5, 0.6) is 0 Å². The fraction of sp³-hybridized carbons (Fsp3) is 0.571. The Morgan fingerprint density at radius 2 is 2.10 bits per heavy atom. The van der Waals surface area contributed by atoms with Gasteiger partial charge in [-0.05, 0) is 43.9 Å². The van der Waals surface area contributed by atoms with E-state index in [0.29, 0.717) is 5.56 Å². The van der Waals surface area contributed by atoms with Crippen molar-refractivity contribution in [2.45, 2.75) is 56.6 Å². The summed E-state index contributed by atoms with van der Waals surface area (Å²) >= 11 is 0. The minimum absolute atomic E-state index is 0.00667. The maximum Gasteiger partial charge on any atom is 0.243 e. The van der Waals surface area contributed by atoms with E-state index >= 15 is 0 Å². The van der Waals surface area contributed by atoms with E-state index in [-0.39, 0.29) is 23.5 Å². The topological polar surface area (TPSA) is 63.4 Å². The Hall–Kier alpha value is -0.980. The third-order valence-corrected chi connectivity index (χ3v) is 6.14. The van der Waals surface area contributed by atoms with Gasteiger partial charge in [-0.1, -0.05) is 13.0 Å². The molecule has 0 radical (unpaired) electrons. The zero-order valence-electron chi connectivity index (χ0n) is 11.8. The van der Waals surface area contributed by atoms with Crippen LogP contribution in [0.1, 0.15) is 38.7 Å². The molecular formula is C14H21FN2O2S. The monoisotopic (exact) mass is 300 g/mol. The molecular weight excluding hydrogens is 279 g/mol. The molecule has 1 fully saturated rings.